The van der Waals surface area contributed by atoms with Crippen molar-refractivity contribution in [2.24, 2.45) is 0 Å². The summed E-state index contributed by atoms with van der Waals surface area (Å²) in [6, 6.07) is 1.13. The quantitative estimate of drug-likeness (QED) is 0.876. The van der Waals surface area contributed by atoms with Crippen molar-refractivity contribution in [1.29, 1.82) is 0 Å². The van der Waals surface area contributed by atoms with Crippen LogP contribution in [-0.4, -0.2) is 27.1 Å². The normalized spacial score (nSPS) is 14.0. The Hall–Kier alpha value is -2.15. The largest absolute Gasteiger partial charge is 0.302 e. The van der Waals surface area contributed by atoms with Crippen molar-refractivity contribution >= 4 is 23.3 Å². The zero-order chi connectivity index (χ0) is 16.7. The van der Waals surface area contributed by atoms with Crippen LogP contribution in [0.3, 0.4) is 0 Å². The fourth-order valence-electron chi connectivity index (χ4n) is 2.76. The molecule has 0 atom stereocenters. The number of nitrogens with one attached hydrogen (secondary N) is 1. The minimum absolute atomic E-state index is 0.0507. The number of carbonyl (C=O) groups excluding carboxylic acids is 2. The molecule has 1 aromatic carbocycles. The molecule has 2 heterocycles. The number of rotatable bonds is 3. The van der Waals surface area contributed by atoms with Gasteiger partial charge < -0.3 is 5.10 Å². The lowest BCUT2D eigenvalue weighted by Gasteiger charge is -2.19. The highest BCUT2D eigenvalue weighted by Gasteiger charge is 2.28. The van der Waals surface area contributed by atoms with Gasteiger partial charge >= 0.3 is 0 Å². The van der Waals surface area contributed by atoms with Gasteiger partial charge in [-0.15, -0.1) is 11.8 Å². The van der Waals surface area contributed by atoms with E-state index in [4.69, 9.17) is 0 Å². The Morgan fingerprint density at radius 2 is 2.13 bits per heavy atom. The third kappa shape index (κ3) is 2.45. The molecule has 0 fully saturated rings. The maximum atomic E-state index is 14.3. The molecule has 120 valence electrons. The fraction of sp³-hybridized carbons (Fsp3) is 0.312. The summed E-state index contributed by atoms with van der Waals surface area (Å²) in [5.41, 5.74) is 0.278. The summed E-state index contributed by atoms with van der Waals surface area (Å²) < 4.78 is 15.6. The zero-order valence-corrected chi connectivity index (χ0v) is 13.6. The van der Waals surface area contributed by atoms with Gasteiger partial charge in [0.05, 0.1) is 4.90 Å². The first kappa shape index (κ1) is 15.7. The van der Waals surface area contributed by atoms with Crippen LogP contribution in [0.4, 0.5) is 4.39 Å². The second-order valence-electron chi connectivity index (χ2n) is 5.32. The molecule has 2 aromatic rings. The molecule has 0 amide bonds. The molecule has 0 spiro atoms. The van der Waals surface area contributed by atoms with Gasteiger partial charge in [-0.2, -0.15) is 0 Å². The molecule has 1 N–H and O–H groups in total. The van der Waals surface area contributed by atoms with Crippen LogP contribution in [-0.2, 0) is 6.54 Å². The molecule has 0 bridgehead atoms. The molecule has 7 heteroatoms. The molecule has 3 rings (SSSR count). The van der Waals surface area contributed by atoms with E-state index in [1.54, 1.807) is 13.8 Å². The standard InChI is InChI=1S/C16H15FN2O3S/c1-3-19-16(22)10(7-18-19)14(21)9-6-11(17)15-13(8(9)2)12(20)4-5-23-15/h6-7,18H,3-5H2,1-2H3. The number of benzene rings is 1. The van der Waals surface area contributed by atoms with Gasteiger partial charge in [-0.05, 0) is 25.5 Å². The van der Waals surface area contributed by atoms with Gasteiger partial charge in [-0.3, -0.25) is 19.1 Å². The van der Waals surface area contributed by atoms with Crippen LogP contribution in [0.15, 0.2) is 22.0 Å². The molecule has 0 radical (unpaired) electrons. The zero-order valence-electron chi connectivity index (χ0n) is 12.7. The first-order valence-electron chi connectivity index (χ1n) is 7.27. The Morgan fingerprint density at radius 3 is 2.78 bits per heavy atom. The molecule has 0 saturated carbocycles. The minimum Gasteiger partial charge on any atom is -0.302 e. The summed E-state index contributed by atoms with van der Waals surface area (Å²) in [5, 5.41) is 2.70. The molecular formula is C16H15FN2O3S. The van der Waals surface area contributed by atoms with Gasteiger partial charge in [-0.25, -0.2) is 4.39 Å². The predicted molar refractivity (Wildman–Crippen MR) is 85.0 cm³/mol. The number of Topliss-reactive ketones (excluding diaryl/α,β-unsaturated/α-hetero) is 1. The molecule has 5 nitrogen and oxygen atoms in total. The molecule has 0 aliphatic carbocycles. The number of hydrogen-bond acceptors (Lipinski definition) is 4. The van der Waals surface area contributed by atoms with Crippen LogP contribution in [0, 0.1) is 12.7 Å². The Labute approximate surface area is 135 Å². The number of thioether (sulfide) groups is 1. The van der Waals surface area contributed by atoms with Crippen molar-refractivity contribution < 1.29 is 14.0 Å². The summed E-state index contributed by atoms with van der Waals surface area (Å²) in [7, 11) is 0. The maximum Gasteiger partial charge on any atom is 0.277 e. The maximum absolute atomic E-state index is 14.3. The molecular weight excluding hydrogens is 319 g/mol. The average molecular weight is 334 g/mol. The fourth-order valence-corrected chi connectivity index (χ4v) is 3.86. The number of aryl methyl sites for hydroxylation is 1. The molecule has 1 aromatic heterocycles. The van der Waals surface area contributed by atoms with E-state index in [0.29, 0.717) is 29.2 Å². The highest BCUT2D eigenvalue weighted by Crippen LogP contribution is 2.36. The van der Waals surface area contributed by atoms with Crippen molar-refractivity contribution in [2.45, 2.75) is 31.7 Å². The van der Waals surface area contributed by atoms with Gasteiger partial charge in [0.1, 0.15) is 11.4 Å². The van der Waals surface area contributed by atoms with Crippen molar-refractivity contribution in [3.05, 3.63) is 50.7 Å². The van der Waals surface area contributed by atoms with Crippen LogP contribution < -0.4 is 5.56 Å². The summed E-state index contributed by atoms with van der Waals surface area (Å²) in [6.07, 6.45) is 1.64. The van der Waals surface area contributed by atoms with Gasteiger partial charge in [0, 0.05) is 36.0 Å². The van der Waals surface area contributed by atoms with E-state index < -0.39 is 17.2 Å². The molecule has 23 heavy (non-hydrogen) atoms. The molecule has 0 saturated heterocycles. The number of nitrogens with zero attached hydrogens (tertiary/aromatic N) is 1. The van der Waals surface area contributed by atoms with Crippen LogP contribution in [0.1, 0.15) is 45.2 Å². The summed E-state index contributed by atoms with van der Waals surface area (Å²) in [4.78, 5) is 37.2. The Balaban J connectivity index is 2.17. The van der Waals surface area contributed by atoms with Crippen LogP contribution in [0.5, 0.6) is 0 Å². The Bertz CT molecular complexity index is 882. The van der Waals surface area contributed by atoms with E-state index in [9.17, 15) is 18.8 Å². The second-order valence-corrected chi connectivity index (χ2v) is 6.43. The predicted octanol–water partition coefficient (Wildman–Crippen LogP) is 2.55. The molecule has 1 aliphatic rings. The van der Waals surface area contributed by atoms with E-state index in [2.05, 4.69) is 5.10 Å². The average Bonchev–Trinajstić information content (AvgIpc) is 2.90. The molecule has 1 aliphatic heterocycles. The smallest absolute Gasteiger partial charge is 0.277 e. The van der Waals surface area contributed by atoms with Crippen LogP contribution >= 0.6 is 11.8 Å². The van der Waals surface area contributed by atoms with Crippen molar-refractivity contribution in [2.75, 3.05) is 5.75 Å². The number of aromatic nitrogens is 2. The van der Waals surface area contributed by atoms with Crippen molar-refractivity contribution in [3.8, 4) is 0 Å². The minimum atomic E-state index is -0.585. The first-order chi connectivity index (χ1) is 11.0. The number of fused-ring (bicyclic) bond motifs is 1. The second kappa shape index (κ2) is 5.81. The molecule has 0 unspecified atom stereocenters. The van der Waals surface area contributed by atoms with Crippen molar-refractivity contribution in [1.82, 2.24) is 9.78 Å². The topological polar surface area (TPSA) is 71.9 Å². The number of carbonyl (C=O) groups is 2. The highest BCUT2D eigenvalue weighted by atomic mass is 32.2. The Morgan fingerprint density at radius 1 is 1.39 bits per heavy atom. The SMILES string of the molecule is CCn1[nH]cc(C(=O)c2cc(F)c3c(c2C)C(=O)CCS3)c1=O. The van der Waals surface area contributed by atoms with Gasteiger partial charge in [-0.1, -0.05) is 0 Å². The third-order valence-corrected chi connectivity index (χ3v) is 5.09. The lowest BCUT2D eigenvalue weighted by atomic mass is 9.93. The summed E-state index contributed by atoms with van der Waals surface area (Å²) in [5.74, 6) is -0.779. The Kier molecular flexibility index (Phi) is 3.97. The number of H-pyrrole nitrogens is 1. The lowest BCUT2D eigenvalue weighted by molar-refractivity contribution is 0.0983. The number of ketones is 2. The van der Waals surface area contributed by atoms with E-state index in [1.807, 2.05) is 0 Å². The van der Waals surface area contributed by atoms with E-state index in [1.165, 1.54) is 22.6 Å². The summed E-state index contributed by atoms with van der Waals surface area (Å²) in [6.45, 7) is 3.80. The highest BCUT2D eigenvalue weighted by molar-refractivity contribution is 7.99. The van der Waals surface area contributed by atoms with Gasteiger partial charge in [0.25, 0.3) is 5.56 Å². The van der Waals surface area contributed by atoms with Crippen LogP contribution in [0.2, 0.25) is 0 Å². The number of halogens is 1. The van der Waals surface area contributed by atoms with Gasteiger partial charge in [0.2, 0.25) is 5.78 Å². The third-order valence-electron chi connectivity index (χ3n) is 3.99. The van der Waals surface area contributed by atoms with Gasteiger partial charge in [0.15, 0.2) is 5.78 Å². The van der Waals surface area contributed by atoms with Crippen LogP contribution in [0.25, 0.3) is 0 Å². The monoisotopic (exact) mass is 334 g/mol. The van der Waals surface area contributed by atoms with E-state index in [0.717, 1.165) is 6.07 Å². The summed E-state index contributed by atoms with van der Waals surface area (Å²) >= 11 is 1.28. The van der Waals surface area contributed by atoms with Crippen molar-refractivity contribution in [3.63, 3.8) is 0 Å². The van der Waals surface area contributed by atoms with E-state index >= 15 is 0 Å². The number of hydrogen-bond donors (Lipinski definition) is 1. The lowest BCUT2D eigenvalue weighted by Crippen LogP contribution is -2.22. The van der Waals surface area contributed by atoms with E-state index in [-0.39, 0.29) is 22.5 Å². The number of aromatic amines is 1. The first-order valence-corrected chi connectivity index (χ1v) is 8.26.